The molecule has 1 unspecified atom stereocenters. The third-order valence-electron chi connectivity index (χ3n) is 1.98. The quantitative estimate of drug-likeness (QED) is 0.323. The Morgan fingerprint density at radius 2 is 1.86 bits per heavy atom. The first kappa shape index (κ1) is 13.6. The summed E-state index contributed by atoms with van der Waals surface area (Å²) in [5, 5.41) is -1.10. The zero-order chi connectivity index (χ0) is 11.2. The Balaban J connectivity index is 4.66. The Bertz CT molecular complexity index is 183. The summed E-state index contributed by atoms with van der Waals surface area (Å²) in [5.41, 5.74) is 0. The zero-order valence-electron chi connectivity index (χ0n) is 9.33. The highest BCUT2D eigenvalue weighted by atomic mass is 28.1. The predicted octanol–water partition coefficient (Wildman–Crippen LogP) is -1.12. The van der Waals surface area contributed by atoms with Crippen molar-refractivity contribution in [1.29, 1.82) is 0 Å². The van der Waals surface area contributed by atoms with Gasteiger partial charge in [-0.15, -0.1) is 0 Å². The molecule has 6 heteroatoms. The Morgan fingerprint density at radius 3 is 2.14 bits per heavy atom. The molecule has 0 aromatic rings. The molecule has 14 heavy (non-hydrogen) atoms. The van der Waals surface area contributed by atoms with Gasteiger partial charge in [0.25, 0.3) is 0 Å². The van der Waals surface area contributed by atoms with Crippen LogP contribution in [0.25, 0.3) is 0 Å². The maximum absolute atomic E-state index is 11.6. The maximum Gasteiger partial charge on any atom is 0.338 e. The van der Waals surface area contributed by atoms with Crippen molar-refractivity contribution in [3.8, 4) is 0 Å². The number of carbonyl (C=O) groups excluding carboxylic acids is 1. The fourth-order valence-electron chi connectivity index (χ4n) is 1.10. The fourth-order valence-corrected chi connectivity index (χ4v) is 1.71. The van der Waals surface area contributed by atoms with Crippen LogP contribution in [0.4, 0.5) is 0 Å². The van der Waals surface area contributed by atoms with Crippen LogP contribution in [-0.2, 0) is 23.7 Å². The van der Waals surface area contributed by atoms with Gasteiger partial charge in [-0.2, -0.15) is 0 Å². The predicted molar refractivity (Wildman–Crippen MR) is 54.1 cm³/mol. The van der Waals surface area contributed by atoms with E-state index in [-0.39, 0.29) is 0 Å². The molecule has 0 saturated heterocycles. The highest BCUT2D eigenvalue weighted by Gasteiger charge is 2.43. The normalized spacial score (nSPS) is 15.5. The van der Waals surface area contributed by atoms with E-state index in [9.17, 15) is 4.79 Å². The summed E-state index contributed by atoms with van der Waals surface area (Å²) in [4.78, 5) is 11.6. The van der Waals surface area contributed by atoms with E-state index in [1.807, 2.05) is 0 Å². The number of esters is 1. The molecule has 84 valence electrons. The van der Waals surface area contributed by atoms with E-state index in [0.29, 0.717) is 16.8 Å². The van der Waals surface area contributed by atoms with Crippen molar-refractivity contribution in [2.75, 3.05) is 27.9 Å². The van der Waals surface area contributed by atoms with Gasteiger partial charge in [-0.05, 0) is 6.92 Å². The average molecular weight is 222 g/mol. The number of hydrogen-bond donors (Lipinski definition) is 0. The molecule has 0 aromatic heterocycles. The lowest BCUT2D eigenvalue weighted by Gasteiger charge is -2.31. The fraction of sp³-hybridized carbons (Fsp3) is 0.875. The molecule has 0 aliphatic carbocycles. The van der Waals surface area contributed by atoms with Gasteiger partial charge in [0, 0.05) is 21.3 Å². The van der Waals surface area contributed by atoms with E-state index < -0.39 is 17.5 Å². The minimum absolute atomic E-state index is 0.312. The molecule has 0 fully saturated rings. The Labute approximate surface area is 87.1 Å². The second-order valence-electron chi connectivity index (χ2n) is 2.83. The molecule has 0 amide bonds. The second-order valence-corrected chi connectivity index (χ2v) is 4.32. The summed E-state index contributed by atoms with van der Waals surface area (Å²) in [6.07, 6.45) is -0.724. The molecule has 0 radical (unpaired) electrons. The molecule has 0 heterocycles. The van der Waals surface area contributed by atoms with Crippen LogP contribution in [-0.4, -0.2) is 55.7 Å². The third-order valence-corrected chi connectivity index (χ3v) is 3.27. The molecular weight excluding hydrogens is 204 g/mol. The van der Waals surface area contributed by atoms with Gasteiger partial charge >= 0.3 is 5.97 Å². The molecule has 0 saturated carbocycles. The van der Waals surface area contributed by atoms with Crippen molar-refractivity contribution in [2.45, 2.75) is 18.4 Å². The molecule has 0 aromatic carbocycles. The topological polar surface area (TPSA) is 54.0 Å². The lowest BCUT2D eigenvalue weighted by Crippen LogP contribution is -2.54. The molecular formula is C8H18O5Si. The van der Waals surface area contributed by atoms with Crippen LogP contribution in [0.2, 0.25) is 0 Å². The van der Waals surface area contributed by atoms with E-state index in [0.717, 1.165) is 0 Å². The van der Waals surface area contributed by atoms with E-state index in [1.165, 1.54) is 21.3 Å². The standard InChI is InChI=1S/C8H18O5Si/c1-5-13-6(9)8(14,12-4)7(10-2)11-3/h7H,5H2,1-4,14H3. The first-order valence-corrected chi connectivity index (χ1v) is 5.34. The van der Waals surface area contributed by atoms with Crippen LogP contribution >= 0.6 is 0 Å². The van der Waals surface area contributed by atoms with Gasteiger partial charge in [0.2, 0.25) is 0 Å². The van der Waals surface area contributed by atoms with Crippen molar-refractivity contribution in [3.63, 3.8) is 0 Å². The van der Waals surface area contributed by atoms with E-state index >= 15 is 0 Å². The van der Waals surface area contributed by atoms with Crippen LogP contribution in [0.3, 0.4) is 0 Å². The van der Waals surface area contributed by atoms with Crippen molar-refractivity contribution in [3.05, 3.63) is 0 Å². The monoisotopic (exact) mass is 222 g/mol. The smallest absolute Gasteiger partial charge is 0.338 e. The molecule has 1 atom stereocenters. The highest BCUT2D eigenvalue weighted by molar-refractivity contribution is 6.26. The van der Waals surface area contributed by atoms with E-state index in [4.69, 9.17) is 18.9 Å². The zero-order valence-corrected chi connectivity index (χ0v) is 11.3. The minimum atomic E-state index is -1.10. The Morgan fingerprint density at radius 1 is 1.36 bits per heavy atom. The van der Waals surface area contributed by atoms with Crippen molar-refractivity contribution in [1.82, 2.24) is 0 Å². The second kappa shape index (κ2) is 6.13. The lowest BCUT2D eigenvalue weighted by molar-refractivity contribution is -0.211. The van der Waals surface area contributed by atoms with Gasteiger partial charge in [0.15, 0.2) is 11.5 Å². The summed E-state index contributed by atoms with van der Waals surface area (Å²) in [6.45, 7) is 2.05. The first-order valence-electron chi connectivity index (χ1n) is 4.34. The van der Waals surface area contributed by atoms with Crippen molar-refractivity contribution >= 4 is 16.2 Å². The highest BCUT2D eigenvalue weighted by Crippen LogP contribution is 2.16. The number of ether oxygens (including phenoxy) is 4. The third kappa shape index (κ3) is 2.78. The van der Waals surface area contributed by atoms with E-state index in [2.05, 4.69) is 0 Å². The summed E-state index contributed by atoms with van der Waals surface area (Å²) in [6, 6.07) is 0. The van der Waals surface area contributed by atoms with Gasteiger partial charge in [-0.25, -0.2) is 4.79 Å². The van der Waals surface area contributed by atoms with Crippen LogP contribution < -0.4 is 0 Å². The summed E-state index contributed by atoms with van der Waals surface area (Å²) in [7, 11) is 4.78. The van der Waals surface area contributed by atoms with Gasteiger partial charge < -0.3 is 18.9 Å². The molecule has 0 bridgehead atoms. The summed E-state index contributed by atoms with van der Waals surface area (Å²) >= 11 is 0. The van der Waals surface area contributed by atoms with E-state index in [1.54, 1.807) is 6.92 Å². The SMILES string of the molecule is CCOC(=O)C([SiH3])(OC)C(OC)OC. The maximum atomic E-state index is 11.6. The first-order chi connectivity index (χ1) is 6.56. The lowest BCUT2D eigenvalue weighted by atomic mass is 10.3. The van der Waals surface area contributed by atoms with Crippen LogP contribution in [0, 0.1) is 0 Å². The Hall–Kier alpha value is -0.433. The average Bonchev–Trinajstić information content (AvgIpc) is 2.19. The molecule has 0 aliphatic rings. The van der Waals surface area contributed by atoms with Crippen LogP contribution in [0.5, 0.6) is 0 Å². The number of methoxy groups -OCH3 is 3. The number of hydrogen-bond acceptors (Lipinski definition) is 5. The molecule has 0 aliphatic heterocycles. The van der Waals surface area contributed by atoms with Gasteiger partial charge in [-0.3, -0.25) is 0 Å². The number of rotatable bonds is 6. The van der Waals surface area contributed by atoms with Gasteiger partial charge in [0.05, 0.1) is 16.8 Å². The van der Waals surface area contributed by atoms with Crippen LogP contribution in [0.15, 0.2) is 0 Å². The van der Waals surface area contributed by atoms with Crippen molar-refractivity contribution < 1.29 is 23.7 Å². The summed E-state index contributed by atoms with van der Waals surface area (Å²) < 4.78 is 20.0. The minimum Gasteiger partial charge on any atom is -0.464 e. The Kier molecular flexibility index (Phi) is 5.94. The number of carbonyl (C=O) groups is 1. The summed E-state index contributed by atoms with van der Waals surface area (Å²) in [5.74, 6) is -0.442. The molecule has 0 N–H and O–H groups in total. The van der Waals surface area contributed by atoms with Crippen LogP contribution in [0.1, 0.15) is 6.92 Å². The molecule has 0 rings (SSSR count). The largest absolute Gasteiger partial charge is 0.464 e. The van der Waals surface area contributed by atoms with Gasteiger partial charge in [-0.1, -0.05) is 0 Å². The van der Waals surface area contributed by atoms with Gasteiger partial charge in [0.1, 0.15) is 0 Å². The molecule has 5 nitrogen and oxygen atoms in total. The van der Waals surface area contributed by atoms with Crippen molar-refractivity contribution in [2.24, 2.45) is 0 Å². The molecule has 0 spiro atoms.